The SMILES string of the molecule is CC(C)Nc1cc(Cl)ncc1/C(C=N)=C/N. The first-order chi connectivity index (χ1) is 7.58. The molecule has 5 heteroatoms. The van der Waals surface area contributed by atoms with Crippen LogP contribution in [0, 0.1) is 5.41 Å². The van der Waals surface area contributed by atoms with Gasteiger partial charge in [0.1, 0.15) is 5.15 Å². The highest BCUT2D eigenvalue weighted by atomic mass is 35.5. The summed E-state index contributed by atoms with van der Waals surface area (Å²) < 4.78 is 0. The molecule has 0 aliphatic carbocycles. The van der Waals surface area contributed by atoms with Gasteiger partial charge in [-0.15, -0.1) is 0 Å². The normalized spacial score (nSPS) is 11.6. The Morgan fingerprint density at radius 3 is 2.81 bits per heavy atom. The van der Waals surface area contributed by atoms with Gasteiger partial charge < -0.3 is 16.5 Å². The van der Waals surface area contributed by atoms with Crippen LogP contribution in [0.4, 0.5) is 5.69 Å². The molecule has 0 fully saturated rings. The minimum absolute atomic E-state index is 0.266. The van der Waals surface area contributed by atoms with Gasteiger partial charge in [0.25, 0.3) is 0 Å². The quantitative estimate of drug-likeness (QED) is 0.557. The number of anilines is 1. The first-order valence-corrected chi connectivity index (χ1v) is 5.31. The zero-order valence-corrected chi connectivity index (χ0v) is 10.0. The van der Waals surface area contributed by atoms with Crippen molar-refractivity contribution in [3.8, 4) is 0 Å². The lowest BCUT2D eigenvalue weighted by molar-refractivity contribution is 0.898. The van der Waals surface area contributed by atoms with E-state index in [2.05, 4.69) is 10.3 Å². The fraction of sp³-hybridized carbons (Fsp3) is 0.273. The molecule has 1 aromatic rings. The molecular weight excluding hydrogens is 224 g/mol. The first kappa shape index (κ1) is 12.5. The summed E-state index contributed by atoms with van der Waals surface area (Å²) in [5, 5.41) is 10.9. The number of hydrogen-bond acceptors (Lipinski definition) is 4. The van der Waals surface area contributed by atoms with Crippen molar-refractivity contribution in [1.82, 2.24) is 4.98 Å². The lowest BCUT2D eigenvalue weighted by atomic mass is 10.1. The zero-order valence-electron chi connectivity index (χ0n) is 9.29. The summed E-state index contributed by atoms with van der Waals surface area (Å²) in [6, 6.07) is 1.99. The van der Waals surface area contributed by atoms with Crippen molar-refractivity contribution in [2.24, 2.45) is 5.73 Å². The molecule has 0 bridgehead atoms. The Morgan fingerprint density at radius 2 is 2.31 bits per heavy atom. The maximum Gasteiger partial charge on any atom is 0.131 e. The van der Waals surface area contributed by atoms with Gasteiger partial charge in [0, 0.05) is 41.5 Å². The van der Waals surface area contributed by atoms with Gasteiger partial charge in [0.15, 0.2) is 0 Å². The number of rotatable bonds is 4. The van der Waals surface area contributed by atoms with E-state index in [-0.39, 0.29) is 6.04 Å². The highest BCUT2D eigenvalue weighted by Gasteiger charge is 2.08. The third-order valence-corrected chi connectivity index (χ3v) is 2.17. The van der Waals surface area contributed by atoms with Gasteiger partial charge in [-0.3, -0.25) is 0 Å². The van der Waals surface area contributed by atoms with E-state index < -0.39 is 0 Å². The van der Waals surface area contributed by atoms with E-state index in [0.717, 1.165) is 11.3 Å². The van der Waals surface area contributed by atoms with Crippen LogP contribution in [0.3, 0.4) is 0 Å². The van der Waals surface area contributed by atoms with Crippen molar-refractivity contribution in [3.63, 3.8) is 0 Å². The zero-order chi connectivity index (χ0) is 12.1. The number of nitrogens with zero attached hydrogens (tertiary/aromatic N) is 1. The van der Waals surface area contributed by atoms with Crippen LogP contribution in [-0.2, 0) is 0 Å². The van der Waals surface area contributed by atoms with Crippen LogP contribution in [0.15, 0.2) is 18.5 Å². The topological polar surface area (TPSA) is 74.8 Å². The van der Waals surface area contributed by atoms with Crippen molar-refractivity contribution in [2.75, 3.05) is 5.32 Å². The molecule has 0 spiro atoms. The Labute approximate surface area is 100 Å². The van der Waals surface area contributed by atoms with Crippen LogP contribution >= 0.6 is 11.6 Å². The largest absolute Gasteiger partial charge is 0.404 e. The lowest BCUT2D eigenvalue weighted by Crippen LogP contribution is -2.12. The van der Waals surface area contributed by atoms with E-state index in [1.54, 1.807) is 12.3 Å². The molecule has 0 aromatic carbocycles. The minimum Gasteiger partial charge on any atom is -0.404 e. The third-order valence-electron chi connectivity index (χ3n) is 1.96. The molecular formula is C11H15ClN4. The molecule has 0 radical (unpaired) electrons. The molecule has 4 N–H and O–H groups in total. The van der Waals surface area contributed by atoms with E-state index in [1.165, 1.54) is 12.4 Å². The summed E-state index contributed by atoms with van der Waals surface area (Å²) in [4.78, 5) is 3.99. The minimum atomic E-state index is 0.266. The van der Waals surface area contributed by atoms with Gasteiger partial charge in [-0.2, -0.15) is 0 Å². The fourth-order valence-corrected chi connectivity index (χ4v) is 1.46. The molecule has 0 unspecified atom stereocenters. The molecule has 4 nitrogen and oxygen atoms in total. The highest BCUT2D eigenvalue weighted by molar-refractivity contribution is 6.29. The van der Waals surface area contributed by atoms with E-state index >= 15 is 0 Å². The number of pyridine rings is 1. The Bertz CT molecular complexity index is 412. The monoisotopic (exact) mass is 238 g/mol. The third kappa shape index (κ3) is 2.97. The molecule has 1 aromatic heterocycles. The fourth-order valence-electron chi connectivity index (χ4n) is 1.31. The maximum absolute atomic E-state index is 7.27. The molecule has 0 aliphatic heterocycles. The van der Waals surface area contributed by atoms with Crippen LogP contribution in [-0.4, -0.2) is 17.2 Å². The summed E-state index contributed by atoms with van der Waals surface area (Å²) >= 11 is 5.83. The molecule has 1 heterocycles. The van der Waals surface area contributed by atoms with Crippen molar-refractivity contribution in [3.05, 3.63) is 29.2 Å². The Kier molecular flexibility index (Phi) is 4.31. The maximum atomic E-state index is 7.27. The van der Waals surface area contributed by atoms with Crippen molar-refractivity contribution in [2.45, 2.75) is 19.9 Å². The van der Waals surface area contributed by atoms with E-state index in [9.17, 15) is 0 Å². The summed E-state index contributed by atoms with van der Waals surface area (Å²) in [7, 11) is 0. The van der Waals surface area contributed by atoms with Gasteiger partial charge in [0.05, 0.1) is 0 Å². The molecule has 16 heavy (non-hydrogen) atoms. The van der Waals surface area contributed by atoms with Crippen molar-refractivity contribution < 1.29 is 0 Å². The second-order valence-electron chi connectivity index (χ2n) is 3.62. The molecule has 0 saturated carbocycles. The van der Waals surface area contributed by atoms with Gasteiger partial charge in [-0.25, -0.2) is 4.98 Å². The van der Waals surface area contributed by atoms with Crippen molar-refractivity contribution in [1.29, 1.82) is 5.41 Å². The predicted molar refractivity (Wildman–Crippen MR) is 69.0 cm³/mol. The standard InChI is InChI=1S/C11H15ClN4/c1-7(2)16-10-3-11(12)15-6-9(10)8(4-13)5-14/h3-7,13H,14H2,1-2H3,(H,15,16)/b8-5+,13-4?. The summed E-state index contributed by atoms with van der Waals surface area (Å²) in [5.41, 5.74) is 7.66. The molecule has 86 valence electrons. The molecule has 0 aliphatic rings. The van der Waals surface area contributed by atoms with Crippen LogP contribution < -0.4 is 11.1 Å². The summed E-state index contributed by atoms with van der Waals surface area (Å²) in [5.74, 6) is 0. The Hall–Kier alpha value is -1.55. The Balaban J connectivity index is 3.21. The predicted octanol–water partition coefficient (Wildman–Crippen LogP) is 2.50. The number of aromatic nitrogens is 1. The van der Waals surface area contributed by atoms with Crippen LogP contribution in [0.2, 0.25) is 5.15 Å². The smallest absolute Gasteiger partial charge is 0.131 e. The van der Waals surface area contributed by atoms with Crippen LogP contribution in [0.25, 0.3) is 5.57 Å². The van der Waals surface area contributed by atoms with Crippen LogP contribution in [0.5, 0.6) is 0 Å². The van der Waals surface area contributed by atoms with Crippen LogP contribution in [0.1, 0.15) is 19.4 Å². The molecule has 0 atom stereocenters. The molecule has 0 amide bonds. The van der Waals surface area contributed by atoms with Gasteiger partial charge in [-0.1, -0.05) is 11.6 Å². The first-order valence-electron chi connectivity index (χ1n) is 4.93. The van der Waals surface area contributed by atoms with Crippen molar-refractivity contribution >= 4 is 29.1 Å². The molecule has 0 saturated heterocycles. The number of nitrogens with one attached hydrogen (secondary N) is 2. The summed E-state index contributed by atoms with van der Waals surface area (Å²) in [6.45, 7) is 4.04. The number of nitrogens with two attached hydrogens (primary N) is 1. The van der Waals surface area contributed by atoms with E-state index in [0.29, 0.717) is 10.7 Å². The highest BCUT2D eigenvalue weighted by Crippen LogP contribution is 2.24. The molecule has 1 rings (SSSR count). The van der Waals surface area contributed by atoms with E-state index in [1.807, 2.05) is 13.8 Å². The van der Waals surface area contributed by atoms with Gasteiger partial charge in [0.2, 0.25) is 0 Å². The number of allylic oxidation sites excluding steroid dienone is 1. The second kappa shape index (κ2) is 5.51. The number of halogens is 1. The van der Waals surface area contributed by atoms with Gasteiger partial charge >= 0.3 is 0 Å². The number of hydrogen-bond donors (Lipinski definition) is 3. The summed E-state index contributed by atoms with van der Waals surface area (Å²) in [6.07, 6.45) is 4.18. The average molecular weight is 239 g/mol. The Morgan fingerprint density at radius 1 is 1.62 bits per heavy atom. The average Bonchev–Trinajstić information content (AvgIpc) is 2.21. The second-order valence-corrected chi connectivity index (χ2v) is 4.01. The van der Waals surface area contributed by atoms with Gasteiger partial charge in [-0.05, 0) is 19.9 Å². The van der Waals surface area contributed by atoms with E-state index in [4.69, 9.17) is 22.7 Å². The lowest BCUT2D eigenvalue weighted by Gasteiger charge is -2.14.